The lowest BCUT2D eigenvalue weighted by molar-refractivity contribution is 0.132. The molecule has 3 heterocycles. The van der Waals surface area contributed by atoms with Gasteiger partial charge in [0.2, 0.25) is 0 Å². The Hall–Kier alpha value is -5.07. The summed E-state index contributed by atoms with van der Waals surface area (Å²) < 4.78 is 6.80. The largest absolute Gasteiger partial charge is 0.374 e. The molecule has 4 nitrogen and oxygen atoms in total. The van der Waals surface area contributed by atoms with Gasteiger partial charge in [0.05, 0.1) is 24.0 Å². The van der Waals surface area contributed by atoms with E-state index in [2.05, 4.69) is 195 Å². The van der Waals surface area contributed by atoms with Gasteiger partial charge in [0.15, 0.2) is 0 Å². The minimum atomic E-state index is -0.725. The minimum absolute atomic E-state index is 0.0865. The highest BCUT2D eigenvalue weighted by Crippen LogP contribution is 2.53. The maximum absolute atomic E-state index is 13.2. The fourth-order valence-electron chi connectivity index (χ4n) is 10.7. The Bertz CT molecular complexity index is 2430. The van der Waals surface area contributed by atoms with Crippen LogP contribution in [0, 0.1) is 5.92 Å². The zero-order valence-electron chi connectivity index (χ0n) is 36.9. The van der Waals surface area contributed by atoms with Crippen LogP contribution in [0.15, 0.2) is 196 Å². The second-order valence-electron chi connectivity index (χ2n) is 17.7. The van der Waals surface area contributed by atoms with Crippen LogP contribution >= 0.6 is 11.8 Å². The van der Waals surface area contributed by atoms with Crippen molar-refractivity contribution in [2.75, 3.05) is 23.0 Å². The molecule has 0 spiro atoms. The standard InChI is InChI=1S/C57H62N2O2S/c1-5-18-43-23-13-14-26-46-36-45(43)30-34-54(60)58(37-51(44-24-11-8-12-25-44)40(4)42-21-9-7-10-22-42)56-49(46)31-33-53-57(56)59(47-27-15-16-28-55(62-53)61-38-47)52-32-29-41-20-17-19-39(3)50(35-41)48(52)6-2/h5,7-13,15-25,27-29,31-33,35,40,46-47,50-51,54-55,60H,6,14,26,30,34,36-38H2,1-4H3. The predicted octanol–water partition coefficient (Wildman–Crippen LogP) is 13.9. The quantitative estimate of drug-likeness (QED) is 0.245. The van der Waals surface area contributed by atoms with Gasteiger partial charge in [0, 0.05) is 29.0 Å². The lowest BCUT2D eigenvalue weighted by Gasteiger charge is -2.44. The summed E-state index contributed by atoms with van der Waals surface area (Å²) in [6.07, 6.45) is 36.6. The maximum Gasteiger partial charge on any atom is 0.127 e. The van der Waals surface area contributed by atoms with E-state index in [9.17, 15) is 5.11 Å². The number of hydrogen-bond donors (Lipinski definition) is 1. The summed E-state index contributed by atoms with van der Waals surface area (Å²) in [7, 11) is 0. The van der Waals surface area contributed by atoms with Gasteiger partial charge >= 0.3 is 0 Å². The molecule has 1 N–H and O–H groups in total. The van der Waals surface area contributed by atoms with E-state index in [-0.39, 0.29) is 35.1 Å². The van der Waals surface area contributed by atoms with Crippen molar-refractivity contribution >= 4 is 23.1 Å². The first-order chi connectivity index (χ1) is 30.4. The first kappa shape index (κ1) is 42.2. The van der Waals surface area contributed by atoms with E-state index < -0.39 is 6.23 Å². The van der Waals surface area contributed by atoms with Crippen LogP contribution in [0.1, 0.15) is 101 Å². The third-order valence-corrected chi connectivity index (χ3v) is 15.1. The molecular weight excluding hydrogens is 777 g/mol. The van der Waals surface area contributed by atoms with Crippen LogP contribution in [0.3, 0.4) is 0 Å². The summed E-state index contributed by atoms with van der Waals surface area (Å²) in [4.78, 5) is 6.30. The molecular formula is C57H62N2O2S. The molecule has 7 atom stereocenters. The third kappa shape index (κ3) is 8.65. The average molecular weight is 839 g/mol. The molecule has 3 aliphatic heterocycles. The van der Waals surface area contributed by atoms with Crippen molar-refractivity contribution in [3.8, 4) is 0 Å². The van der Waals surface area contributed by atoms with E-state index in [1.165, 1.54) is 66.5 Å². The fraction of sp³-hybridized carbons (Fsp3) is 0.333. The van der Waals surface area contributed by atoms with Gasteiger partial charge in [-0.05, 0) is 116 Å². The first-order valence-electron chi connectivity index (χ1n) is 23.0. The van der Waals surface area contributed by atoms with Crippen molar-refractivity contribution in [2.24, 2.45) is 5.92 Å². The van der Waals surface area contributed by atoms with E-state index in [0.29, 0.717) is 19.6 Å². The molecule has 6 aliphatic rings. The Morgan fingerprint density at radius 1 is 0.887 bits per heavy atom. The topological polar surface area (TPSA) is 35.9 Å². The number of nitrogens with zero attached hydrogens (tertiary/aromatic N) is 2. The molecule has 318 valence electrons. The molecule has 62 heavy (non-hydrogen) atoms. The van der Waals surface area contributed by atoms with Gasteiger partial charge in [0.1, 0.15) is 11.7 Å². The molecule has 0 saturated carbocycles. The van der Waals surface area contributed by atoms with Gasteiger partial charge in [0.25, 0.3) is 0 Å². The number of aliphatic hydroxyl groups is 1. The van der Waals surface area contributed by atoms with E-state index in [1.807, 2.05) is 0 Å². The first-order valence-corrected chi connectivity index (χ1v) is 23.9. The highest BCUT2D eigenvalue weighted by Gasteiger charge is 2.39. The molecule has 3 aromatic rings. The van der Waals surface area contributed by atoms with Gasteiger partial charge in [-0.15, -0.1) is 0 Å². The number of hydrogen-bond acceptors (Lipinski definition) is 5. The van der Waals surface area contributed by atoms with E-state index >= 15 is 0 Å². The monoisotopic (exact) mass is 838 g/mol. The number of allylic oxidation sites excluding steroid dienone is 17. The number of aliphatic hydroxyl groups excluding tert-OH is 1. The second-order valence-corrected chi connectivity index (χ2v) is 18.9. The molecule has 3 aromatic carbocycles. The Labute approximate surface area is 374 Å². The lowest BCUT2D eigenvalue weighted by Crippen LogP contribution is -2.44. The summed E-state index contributed by atoms with van der Waals surface area (Å²) in [5.74, 6) is 0.727. The average Bonchev–Trinajstić information content (AvgIpc) is 3.55. The van der Waals surface area contributed by atoms with E-state index in [0.717, 1.165) is 32.1 Å². The van der Waals surface area contributed by atoms with E-state index in [4.69, 9.17) is 4.74 Å². The van der Waals surface area contributed by atoms with Crippen molar-refractivity contribution in [1.29, 1.82) is 0 Å². The van der Waals surface area contributed by atoms with Crippen LogP contribution in [0.5, 0.6) is 0 Å². The van der Waals surface area contributed by atoms with Crippen LogP contribution in [0.4, 0.5) is 11.4 Å². The van der Waals surface area contributed by atoms with Crippen LogP contribution in [-0.4, -0.2) is 36.0 Å². The SMILES string of the molecule is CC=CC1=C2CCC(O)N(CC(c3ccccc3)C(C)c3ccccc3)c3c(ccc4c3N(C3=C(CC)C5C=C(C=CC=C5C)C=C3)C3C=CC=CC(OC3)S4)C(CCC=C1)C2. The normalized spacial score (nSPS) is 25.7. The molecule has 3 aliphatic carbocycles. The number of rotatable bonds is 8. The van der Waals surface area contributed by atoms with Crippen molar-refractivity contribution in [3.05, 3.63) is 208 Å². The van der Waals surface area contributed by atoms with Gasteiger partial charge < -0.3 is 19.6 Å². The Balaban J connectivity index is 1.34. The van der Waals surface area contributed by atoms with E-state index in [1.54, 1.807) is 11.8 Å². The zero-order valence-corrected chi connectivity index (χ0v) is 37.7. The van der Waals surface area contributed by atoms with Crippen molar-refractivity contribution in [1.82, 2.24) is 0 Å². The zero-order chi connectivity index (χ0) is 42.6. The van der Waals surface area contributed by atoms with Crippen LogP contribution in [-0.2, 0) is 4.74 Å². The van der Waals surface area contributed by atoms with Crippen LogP contribution in [0.25, 0.3) is 0 Å². The number of thioether (sulfide) groups is 1. The number of benzene rings is 3. The van der Waals surface area contributed by atoms with Crippen molar-refractivity contribution in [3.63, 3.8) is 0 Å². The lowest BCUT2D eigenvalue weighted by atomic mass is 9.81. The Kier molecular flexibility index (Phi) is 13.0. The van der Waals surface area contributed by atoms with Crippen molar-refractivity contribution in [2.45, 2.75) is 107 Å². The van der Waals surface area contributed by atoms with Crippen molar-refractivity contribution < 1.29 is 9.84 Å². The number of fused-ring (bicyclic) bond motifs is 10. The minimum Gasteiger partial charge on any atom is -0.374 e. The molecule has 7 unspecified atom stereocenters. The number of ether oxygens (including phenoxy) is 1. The molecule has 0 saturated heterocycles. The summed E-state index contributed by atoms with van der Waals surface area (Å²) in [5.41, 5.74) is 14.1. The highest BCUT2D eigenvalue weighted by molar-refractivity contribution is 8.00. The molecule has 6 bridgehead atoms. The third-order valence-electron chi connectivity index (χ3n) is 13.9. The fourth-order valence-corrected chi connectivity index (χ4v) is 11.7. The highest BCUT2D eigenvalue weighted by atomic mass is 32.2. The van der Waals surface area contributed by atoms with Gasteiger partial charge in [-0.25, -0.2) is 0 Å². The molecule has 5 heteroatoms. The molecule has 0 fully saturated rings. The number of anilines is 2. The van der Waals surface area contributed by atoms with Crippen LogP contribution in [0.2, 0.25) is 0 Å². The van der Waals surface area contributed by atoms with Gasteiger partial charge in [-0.2, -0.15) is 0 Å². The smallest absolute Gasteiger partial charge is 0.127 e. The Morgan fingerprint density at radius 2 is 1.68 bits per heavy atom. The molecule has 9 rings (SSSR count). The molecule has 0 amide bonds. The molecule has 0 radical (unpaired) electrons. The van der Waals surface area contributed by atoms with Gasteiger partial charge in [-0.1, -0.05) is 176 Å². The summed E-state index contributed by atoms with van der Waals surface area (Å²) in [6.45, 7) is 10.3. The van der Waals surface area contributed by atoms with Gasteiger partial charge in [-0.3, -0.25) is 0 Å². The summed E-state index contributed by atoms with van der Waals surface area (Å²) in [5, 5.41) is 13.2. The summed E-state index contributed by atoms with van der Waals surface area (Å²) >= 11 is 1.80. The predicted molar refractivity (Wildman–Crippen MR) is 262 cm³/mol. The van der Waals surface area contributed by atoms with Crippen LogP contribution < -0.4 is 9.80 Å². The Morgan fingerprint density at radius 3 is 2.47 bits per heavy atom. The summed E-state index contributed by atoms with van der Waals surface area (Å²) in [6, 6.07) is 26.8. The molecule has 0 aromatic heterocycles. The maximum atomic E-state index is 13.2. The second kappa shape index (κ2) is 19.1.